The predicted molar refractivity (Wildman–Crippen MR) is 58.0 cm³/mol. The first-order valence-corrected chi connectivity index (χ1v) is 5.74. The minimum Gasteiger partial charge on any atom is -0.385 e. The Hall–Kier alpha value is -0.340. The first-order valence-electron chi connectivity index (χ1n) is 5.74. The van der Waals surface area contributed by atoms with Gasteiger partial charge in [-0.05, 0) is 24.7 Å². The van der Waals surface area contributed by atoms with E-state index in [0.717, 1.165) is 25.9 Å². The van der Waals surface area contributed by atoms with Crippen LogP contribution in [0.3, 0.4) is 0 Å². The largest absolute Gasteiger partial charge is 0.385 e. The van der Waals surface area contributed by atoms with Gasteiger partial charge in [0.05, 0.1) is 5.60 Å². The van der Waals surface area contributed by atoms with Crippen LogP contribution in [-0.4, -0.2) is 23.8 Å². The lowest BCUT2D eigenvalue weighted by atomic mass is 9.72. The van der Waals surface area contributed by atoms with Gasteiger partial charge in [-0.25, -0.2) is 0 Å². The molecule has 1 aliphatic heterocycles. The van der Waals surface area contributed by atoms with E-state index < -0.39 is 5.60 Å². The van der Waals surface area contributed by atoms with Gasteiger partial charge in [0.25, 0.3) is 0 Å². The normalized spacial score (nSPS) is 38.7. The molecule has 0 spiro atoms. The summed E-state index contributed by atoms with van der Waals surface area (Å²) in [5.41, 5.74) is -0.503. The molecule has 0 aromatic heterocycles. The fourth-order valence-electron chi connectivity index (χ4n) is 2.41. The van der Waals surface area contributed by atoms with Crippen molar-refractivity contribution >= 4 is 0 Å². The van der Waals surface area contributed by atoms with Gasteiger partial charge in [0.15, 0.2) is 0 Å². The van der Waals surface area contributed by atoms with Gasteiger partial charge in [-0.15, -0.1) is 0 Å². The summed E-state index contributed by atoms with van der Waals surface area (Å²) in [5, 5.41) is 13.6. The fraction of sp³-hybridized carbons (Fsp3) is 0.833. The Kier molecular flexibility index (Phi) is 2.67. The first kappa shape index (κ1) is 10.2. The highest BCUT2D eigenvalue weighted by atomic mass is 16.3. The Morgan fingerprint density at radius 3 is 2.50 bits per heavy atom. The van der Waals surface area contributed by atoms with E-state index >= 15 is 0 Å². The minimum atomic E-state index is -0.503. The number of allylic oxidation sites excluding steroid dienone is 1. The lowest BCUT2D eigenvalue weighted by molar-refractivity contribution is -0.0136. The van der Waals surface area contributed by atoms with E-state index in [1.54, 1.807) is 0 Å². The van der Waals surface area contributed by atoms with E-state index in [1.165, 1.54) is 0 Å². The van der Waals surface area contributed by atoms with Crippen molar-refractivity contribution in [3.63, 3.8) is 0 Å². The number of hydrogen-bond donors (Lipinski definition) is 2. The van der Waals surface area contributed by atoms with E-state index in [1.807, 2.05) is 0 Å². The van der Waals surface area contributed by atoms with Crippen LogP contribution in [0.4, 0.5) is 0 Å². The molecular formula is C12H21NO. The molecule has 2 unspecified atom stereocenters. The van der Waals surface area contributed by atoms with Gasteiger partial charge in [0, 0.05) is 19.0 Å². The van der Waals surface area contributed by atoms with Gasteiger partial charge in [0.2, 0.25) is 0 Å². The number of nitrogens with one attached hydrogen (secondary N) is 1. The SMILES string of the molecule is CC(C)C1C=CC(O)(C2CNC2)CC1. The first-order chi connectivity index (χ1) is 6.62. The summed E-state index contributed by atoms with van der Waals surface area (Å²) < 4.78 is 0. The molecule has 2 rings (SSSR count). The molecule has 2 atom stereocenters. The number of rotatable bonds is 2. The molecule has 0 radical (unpaired) electrons. The van der Waals surface area contributed by atoms with Crippen molar-refractivity contribution in [2.75, 3.05) is 13.1 Å². The maximum atomic E-state index is 10.4. The molecule has 0 bridgehead atoms. The van der Waals surface area contributed by atoms with Gasteiger partial charge >= 0.3 is 0 Å². The molecule has 1 heterocycles. The third kappa shape index (κ3) is 1.73. The highest BCUT2D eigenvalue weighted by Crippen LogP contribution is 2.35. The maximum Gasteiger partial charge on any atom is 0.0880 e. The summed E-state index contributed by atoms with van der Waals surface area (Å²) in [5.74, 6) is 1.82. The highest BCUT2D eigenvalue weighted by molar-refractivity contribution is 5.13. The quantitative estimate of drug-likeness (QED) is 0.655. The number of aliphatic hydroxyl groups is 1. The molecular weight excluding hydrogens is 174 g/mol. The number of hydrogen-bond acceptors (Lipinski definition) is 2. The summed E-state index contributed by atoms with van der Waals surface area (Å²) >= 11 is 0. The van der Waals surface area contributed by atoms with Crippen molar-refractivity contribution in [1.29, 1.82) is 0 Å². The Morgan fingerprint density at radius 2 is 2.14 bits per heavy atom. The predicted octanol–water partition coefficient (Wildman–Crippen LogP) is 1.56. The summed E-state index contributed by atoms with van der Waals surface area (Å²) in [6, 6.07) is 0. The Morgan fingerprint density at radius 1 is 1.43 bits per heavy atom. The summed E-state index contributed by atoms with van der Waals surface area (Å²) in [4.78, 5) is 0. The monoisotopic (exact) mass is 195 g/mol. The molecule has 1 aliphatic carbocycles. The second-order valence-corrected chi connectivity index (χ2v) is 5.15. The molecule has 0 saturated carbocycles. The van der Waals surface area contributed by atoms with Gasteiger partial charge in [-0.2, -0.15) is 0 Å². The molecule has 14 heavy (non-hydrogen) atoms. The van der Waals surface area contributed by atoms with E-state index in [9.17, 15) is 5.11 Å². The van der Waals surface area contributed by atoms with Crippen LogP contribution in [0.1, 0.15) is 26.7 Å². The zero-order valence-electron chi connectivity index (χ0n) is 9.16. The zero-order valence-corrected chi connectivity index (χ0v) is 9.16. The standard InChI is InChI=1S/C12H21NO/c1-9(2)10-3-5-12(14,6-4-10)11-7-13-8-11/h3,5,9-11,13-14H,4,6-8H2,1-2H3. The van der Waals surface area contributed by atoms with Crippen LogP contribution < -0.4 is 5.32 Å². The van der Waals surface area contributed by atoms with Crippen LogP contribution in [0.5, 0.6) is 0 Å². The topological polar surface area (TPSA) is 32.3 Å². The van der Waals surface area contributed by atoms with Crippen molar-refractivity contribution in [3.8, 4) is 0 Å². The van der Waals surface area contributed by atoms with Crippen molar-refractivity contribution in [2.24, 2.45) is 17.8 Å². The van der Waals surface area contributed by atoms with Crippen LogP contribution in [0.25, 0.3) is 0 Å². The second kappa shape index (κ2) is 3.67. The average Bonchev–Trinajstić information content (AvgIpc) is 2.00. The Balaban J connectivity index is 2.01. The Bertz CT molecular complexity index is 232. The lowest BCUT2D eigenvalue weighted by Gasteiger charge is -2.43. The molecule has 2 aliphatic rings. The van der Waals surface area contributed by atoms with Crippen molar-refractivity contribution in [3.05, 3.63) is 12.2 Å². The third-order valence-corrected chi connectivity index (χ3v) is 3.85. The molecule has 0 aromatic rings. The van der Waals surface area contributed by atoms with E-state index in [4.69, 9.17) is 0 Å². The molecule has 1 saturated heterocycles. The van der Waals surface area contributed by atoms with Gasteiger partial charge < -0.3 is 10.4 Å². The van der Waals surface area contributed by atoms with Gasteiger partial charge in [-0.3, -0.25) is 0 Å². The van der Waals surface area contributed by atoms with Crippen LogP contribution >= 0.6 is 0 Å². The Labute approximate surface area is 86.4 Å². The zero-order chi connectivity index (χ0) is 10.2. The average molecular weight is 195 g/mol. The molecule has 1 fully saturated rings. The van der Waals surface area contributed by atoms with Crippen molar-refractivity contribution in [2.45, 2.75) is 32.3 Å². The molecule has 2 nitrogen and oxygen atoms in total. The lowest BCUT2D eigenvalue weighted by Crippen LogP contribution is -2.55. The minimum absolute atomic E-state index is 0.451. The van der Waals surface area contributed by atoms with E-state index in [-0.39, 0.29) is 0 Å². The third-order valence-electron chi connectivity index (χ3n) is 3.85. The fourth-order valence-corrected chi connectivity index (χ4v) is 2.41. The van der Waals surface area contributed by atoms with Crippen LogP contribution in [-0.2, 0) is 0 Å². The van der Waals surface area contributed by atoms with Crippen molar-refractivity contribution < 1.29 is 5.11 Å². The molecule has 2 N–H and O–H groups in total. The molecule has 0 amide bonds. The molecule has 0 aromatic carbocycles. The molecule has 80 valence electrons. The smallest absolute Gasteiger partial charge is 0.0880 e. The molecule has 2 heteroatoms. The summed E-state index contributed by atoms with van der Waals surface area (Å²) in [7, 11) is 0. The van der Waals surface area contributed by atoms with Crippen LogP contribution in [0.2, 0.25) is 0 Å². The van der Waals surface area contributed by atoms with Crippen LogP contribution in [0.15, 0.2) is 12.2 Å². The summed E-state index contributed by atoms with van der Waals surface area (Å²) in [6.07, 6.45) is 6.37. The van der Waals surface area contributed by atoms with Crippen molar-refractivity contribution in [1.82, 2.24) is 5.32 Å². The van der Waals surface area contributed by atoms with Gasteiger partial charge in [0.1, 0.15) is 0 Å². The second-order valence-electron chi connectivity index (χ2n) is 5.15. The van der Waals surface area contributed by atoms with E-state index in [2.05, 4.69) is 31.3 Å². The maximum absolute atomic E-state index is 10.4. The highest BCUT2D eigenvalue weighted by Gasteiger charge is 2.40. The summed E-state index contributed by atoms with van der Waals surface area (Å²) in [6.45, 7) is 6.47. The van der Waals surface area contributed by atoms with Crippen LogP contribution in [0, 0.1) is 17.8 Å². The van der Waals surface area contributed by atoms with Gasteiger partial charge in [-0.1, -0.05) is 26.0 Å². The van der Waals surface area contributed by atoms with E-state index in [0.29, 0.717) is 17.8 Å².